The van der Waals surface area contributed by atoms with E-state index in [2.05, 4.69) is 58.5 Å². The van der Waals surface area contributed by atoms with Gasteiger partial charge in [-0.25, -0.2) is 0 Å². The Morgan fingerprint density at radius 1 is 0.969 bits per heavy atom. The number of carbonyl (C=O) groups excluding carboxylic acids is 1. The van der Waals surface area contributed by atoms with Crippen LogP contribution in [0.25, 0.3) is 32.6 Å². The maximum Gasteiger partial charge on any atom is 0.305 e. The van der Waals surface area contributed by atoms with Crippen LogP contribution in [0.3, 0.4) is 0 Å². The van der Waals surface area contributed by atoms with Crippen molar-refractivity contribution in [1.29, 1.82) is 0 Å². The average molecular weight is 448 g/mol. The number of unbranched alkanes of at least 4 members (excludes halogenated alkanes) is 2. The van der Waals surface area contributed by atoms with Gasteiger partial charge in [0.2, 0.25) is 0 Å². The summed E-state index contributed by atoms with van der Waals surface area (Å²) in [7, 11) is 1.70. The minimum absolute atomic E-state index is 0.0984. The summed E-state index contributed by atoms with van der Waals surface area (Å²) in [6.45, 7) is 3.21. The number of aromatic nitrogens is 1. The van der Waals surface area contributed by atoms with Gasteiger partial charge >= 0.3 is 5.97 Å². The zero-order valence-electron chi connectivity index (χ0n) is 18.7. The normalized spacial score (nSPS) is 11.1. The summed E-state index contributed by atoms with van der Waals surface area (Å²) >= 11 is 1.78. The maximum absolute atomic E-state index is 11.6. The highest BCUT2D eigenvalue weighted by Crippen LogP contribution is 2.37. The van der Waals surface area contributed by atoms with E-state index in [1.165, 1.54) is 32.6 Å². The summed E-state index contributed by atoms with van der Waals surface area (Å²) in [5, 5.41) is 3.41. The van der Waals surface area contributed by atoms with Gasteiger partial charge < -0.3 is 14.0 Å². The van der Waals surface area contributed by atoms with E-state index in [1.807, 2.05) is 19.1 Å². The van der Waals surface area contributed by atoms with Crippen LogP contribution in [0.1, 0.15) is 32.6 Å². The van der Waals surface area contributed by atoms with Gasteiger partial charge in [0.1, 0.15) is 5.75 Å². The maximum atomic E-state index is 11.6. The molecule has 0 saturated carbocycles. The number of carbonyl (C=O) groups is 1. The first kappa shape index (κ1) is 22.2. The number of benzene rings is 2. The van der Waals surface area contributed by atoms with Crippen molar-refractivity contribution in [2.45, 2.75) is 39.2 Å². The average Bonchev–Trinajstić information content (AvgIpc) is 3.44. The Morgan fingerprint density at radius 3 is 2.59 bits per heavy atom. The molecule has 2 aromatic carbocycles. The number of rotatable bonds is 10. The zero-order valence-corrected chi connectivity index (χ0v) is 19.5. The van der Waals surface area contributed by atoms with Crippen LogP contribution in [0.15, 0.2) is 66.0 Å². The highest BCUT2D eigenvalue weighted by molar-refractivity contribution is 7.14. The lowest BCUT2D eigenvalue weighted by Gasteiger charge is -2.10. The fourth-order valence-electron chi connectivity index (χ4n) is 4.02. The molecule has 0 radical (unpaired) electrons. The number of nitrogens with zero attached hydrogens (tertiary/aromatic N) is 1. The molecule has 2 aromatic heterocycles. The molecule has 0 unspecified atom stereocenters. The SMILES string of the molecule is CCOC(=O)CCCCCn1c(-c2cc(-c3ccccc3)cs2)cc2cc(OC)ccc21. The van der Waals surface area contributed by atoms with Crippen molar-refractivity contribution < 1.29 is 14.3 Å². The Kier molecular flexibility index (Phi) is 7.28. The molecule has 4 rings (SSSR count). The summed E-state index contributed by atoms with van der Waals surface area (Å²) in [6, 6.07) is 21.3. The molecular weight excluding hydrogens is 418 g/mol. The minimum Gasteiger partial charge on any atom is -0.497 e. The number of ether oxygens (including phenoxy) is 2. The Labute approximate surface area is 193 Å². The highest BCUT2D eigenvalue weighted by atomic mass is 32.1. The third-order valence-corrected chi connectivity index (χ3v) is 6.59. The Bertz CT molecular complexity index is 1180. The molecule has 166 valence electrons. The number of methoxy groups -OCH3 is 1. The van der Waals surface area contributed by atoms with Crippen LogP contribution >= 0.6 is 11.3 Å². The summed E-state index contributed by atoms with van der Waals surface area (Å²) in [5.74, 6) is 0.769. The lowest BCUT2D eigenvalue weighted by Crippen LogP contribution is -2.04. The van der Waals surface area contributed by atoms with E-state index in [4.69, 9.17) is 9.47 Å². The second-order valence-corrected chi connectivity index (χ2v) is 8.70. The third kappa shape index (κ3) is 5.05. The van der Waals surface area contributed by atoms with Crippen molar-refractivity contribution in [1.82, 2.24) is 4.57 Å². The van der Waals surface area contributed by atoms with E-state index in [0.29, 0.717) is 13.0 Å². The highest BCUT2D eigenvalue weighted by Gasteiger charge is 2.14. The summed E-state index contributed by atoms with van der Waals surface area (Å²) in [6.07, 6.45) is 3.36. The quantitative estimate of drug-likeness (QED) is 0.191. The third-order valence-electron chi connectivity index (χ3n) is 5.64. The van der Waals surface area contributed by atoms with Gasteiger partial charge in [-0.1, -0.05) is 36.8 Å². The van der Waals surface area contributed by atoms with Gasteiger partial charge in [-0.3, -0.25) is 4.79 Å². The molecule has 4 aromatic rings. The van der Waals surface area contributed by atoms with Crippen LogP contribution in [0.5, 0.6) is 5.75 Å². The molecule has 32 heavy (non-hydrogen) atoms. The van der Waals surface area contributed by atoms with Crippen molar-refractivity contribution >= 4 is 28.2 Å². The molecule has 4 nitrogen and oxygen atoms in total. The molecular formula is C27H29NO3S. The minimum atomic E-state index is -0.0984. The number of esters is 1. The van der Waals surface area contributed by atoms with Crippen molar-refractivity contribution in [3.63, 3.8) is 0 Å². The molecule has 0 spiro atoms. The van der Waals surface area contributed by atoms with Crippen molar-refractivity contribution in [2.24, 2.45) is 0 Å². The number of fused-ring (bicyclic) bond motifs is 1. The van der Waals surface area contributed by atoms with Gasteiger partial charge in [0, 0.05) is 23.9 Å². The van der Waals surface area contributed by atoms with Gasteiger partial charge in [0.05, 0.1) is 24.3 Å². The van der Waals surface area contributed by atoms with Gasteiger partial charge in [-0.2, -0.15) is 0 Å². The number of hydrogen-bond donors (Lipinski definition) is 0. The van der Waals surface area contributed by atoms with E-state index in [0.717, 1.165) is 31.6 Å². The molecule has 0 aliphatic carbocycles. The van der Waals surface area contributed by atoms with Gasteiger partial charge in [-0.05, 0) is 66.6 Å². The first-order valence-electron chi connectivity index (χ1n) is 11.2. The number of thiophene rings is 1. The van der Waals surface area contributed by atoms with Crippen LogP contribution in [-0.2, 0) is 16.1 Å². The van der Waals surface area contributed by atoms with E-state index in [1.54, 1.807) is 18.4 Å². The van der Waals surface area contributed by atoms with Crippen LogP contribution < -0.4 is 4.74 Å². The monoisotopic (exact) mass is 447 g/mol. The predicted octanol–water partition coefficient (Wildman–Crippen LogP) is 7.17. The molecule has 2 heterocycles. The topological polar surface area (TPSA) is 40.5 Å². The first-order valence-corrected chi connectivity index (χ1v) is 12.0. The van der Waals surface area contributed by atoms with Crippen LogP contribution in [0.2, 0.25) is 0 Å². The number of hydrogen-bond acceptors (Lipinski definition) is 4. The van der Waals surface area contributed by atoms with Crippen LogP contribution in [-0.4, -0.2) is 24.3 Å². The molecule has 5 heteroatoms. The van der Waals surface area contributed by atoms with E-state index < -0.39 is 0 Å². The Balaban J connectivity index is 1.57. The van der Waals surface area contributed by atoms with Crippen molar-refractivity contribution in [2.75, 3.05) is 13.7 Å². The van der Waals surface area contributed by atoms with Gasteiger partial charge in [0.15, 0.2) is 0 Å². The van der Waals surface area contributed by atoms with Gasteiger partial charge in [-0.15, -0.1) is 11.3 Å². The summed E-state index contributed by atoms with van der Waals surface area (Å²) in [5.41, 5.74) is 4.92. The summed E-state index contributed by atoms with van der Waals surface area (Å²) in [4.78, 5) is 12.8. The second-order valence-electron chi connectivity index (χ2n) is 7.79. The smallest absolute Gasteiger partial charge is 0.305 e. The molecule has 0 amide bonds. The molecule has 0 bridgehead atoms. The first-order chi connectivity index (χ1) is 15.7. The summed E-state index contributed by atoms with van der Waals surface area (Å²) < 4.78 is 12.9. The fraction of sp³-hybridized carbons (Fsp3) is 0.296. The van der Waals surface area contributed by atoms with Crippen LogP contribution in [0.4, 0.5) is 0 Å². The molecule has 0 fully saturated rings. The largest absolute Gasteiger partial charge is 0.497 e. The lowest BCUT2D eigenvalue weighted by atomic mass is 10.1. The Morgan fingerprint density at radius 2 is 1.81 bits per heavy atom. The lowest BCUT2D eigenvalue weighted by molar-refractivity contribution is -0.143. The predicted molar refractivity (Wildman–Crippen MR) is 132 cm³/mol. The Hall–Kier alpha value is -3.05. The molecule has 0 aliphatic heterocycles. The van der Waals surface area contributed by atoms with Crippen LogP contribution in [0, 0.1) is 0 Å². The van der Waals surface area contributed by atoms with E-state index >= 15 is 0 Å². The molecule has 0 saturated heterocycles. The van der Waals surface area contributed by atoms with E-state index in [-0.39, 0.29) is 5.97 Å². The second kappa shape index (κ2) is 10.5. The fourth-order valence-corrected chi connectivity index (χ4v) is 4.97. The number of aryl methyl sites for hydroxylation is 1. The standard InChI is InChI=1S/C27H29NO3S/c1-3-31-27(29)12-8-5-9-15-28-24-14-13-23(30-2)16-21(24)17-25(28)26-18-22(19-32-26)20-10-6-4-7-11-20/h4,6-7,10-11,13-14,16-19H,3,5,8-9,12,15H2,1-2H3. The molecule has 0 atom stereocenters. The van der Waals surface area contributed by atoms with Crippen molar-refractivity contribution in [3.05, 3.63) is 66.0 Å². The molecule has 0 N–H and O–H groups in total. The van der Waals surface area contributed by atoms with Gasteiger partial charge in [0.25, 0.3) is 0 Å². The van der Waals surface area contributed by atoms with E-state index in [9.17, 15) is 4.79 Å². The zero-order chi connectivity index (χ0) is 22.3. The van der Waals surface area contributed by atoms with Crippen molar-refractivity contribution in [3.8, 4) is 27.4 Å². The molecule has 0 aliphatic rings.